The molecule has 2 unspecified atom stereocenters. The zero-order chi connectivity index (χ0) is 13.8. The van der Waals surface area contributed by atoms with Crippen molar-refractivity contribution in [2.75, 3.05) is 7.11 Å². The Bertz CT molecular complexity index is 498. The van der Waals surface area contributed by atoms with Gasteiger partial charge in [0.1, 0.15) is 6.10 Å². The molecule has 1 aliphatic carbocycles. The average molecular weight is 282 g/mol. The molecule has 1 fully saturated rings. The minimum Gasteiger partial charge on any atom is -0.493 e. The van der Waals surface area contributed by atoms with Crippen molar-refractivity contribution >= 4 is 11.6 Å². The summed E-state index contributed by atoms with van der Waals surface area (Å²) in [5.74, 6) is 0.895. The quantitative estimate of drug-likeness (QED) is 0.925. The van der Waals surface area contributed by atoms with E-state index in [0.29, 0.717) is 28.5 Å². The molecule has 1 aromatic rings. The predicted molar refractivity (Wildman–Crippen MR) is 71.6 cm³/mol. The molecule has 1 aliphatic rings. The maximum Gasteiger partial charge on any atom is 0.180 e. The van der Waals surface area contributed by atoms with Gasteiger partial charge >= 0.3 is 0 Å². The van der Waals surface area contributed by atoms with E-state index in [-0.39, 0.29) is 12.2 Å². The highest BCUT2D eigenvalue weighted by Crippen LogP contribution is 2.38. The van der Waals surface area contributed by atoms with Crippen molar-refractivity contribution in [1.82, 2.24) is 0 Å². The number of benzene rings is 1. The zero-order valence-corrected chi connectivity index (χ0v) is 11.5. The molecule has 0 radical (unpaired) electrons. The SMILES string of the molecule is COc1cc(C#N)cc(Cl)c1OC1CCCC(O)C1. The van der Waals surface area contributed by atoms with Crippen LogP contribution in [0.4, 0.5) is 0 Å². The van der Waals surface area contributed by atoms with Crippen LogP contribution in [0.3, 0.4) is 0 Å². The van der Waals surface area contributed by atoms with E-state index in [0.717, 1.165) is 19.3 Å². The maximum absolute atomic E-state index is 9.65. The Morgan fingerprint density at radius 2 is 2.21 bits per heavy atom. The number of hydrogen-bond acceptors (Lipinski definition) is 4. The molecule has 1 aromatic carbocycles. The maximum atomic E-state index is 9.65. The highest BCUT2D eigenvalue weighted by Gasteiger charge is 2.24. The van der Waals surface area contributed by atoms with E-state index in [1.54, 1.807) is 12.1 Å². The molecule has 102 valence electrons. The molecular formula is C14H16ClNO3. The van der Waals surface area contributed by atoms with E-state index in [1.807, 2.05) is 6.07 Å². The topological polar surface area (TPSA) is 62.5 Å². The summed E-state index contributed by atoms with van der Waals surface area (Å²) in [6.45, 7) is 0. The van der Waals surface area contributed by atoms with Gasteiger partial charge in [-0.25, -0.2) is 0 Å². The monoisotopic (exact) mass is 281 g/mol. The van der Waals surface area contributed by atoms with Crippen LogP contribution in [0, 0.1) is 11.3 Å². The number of methoxy groups -OCH3 is 1. The van der Waals surface area contributed by atoms with Crippen LogP contribution in [0.1, 0.15) is 31.2 Å². The summed E-state index contributed by atoms with van der Waals surface area (Å²) in [4.78, 5) is 0. The van der Waals surface area contributed by atoms with Crippen molar-refractivity contribution in [3.63, 3.8) is 0 Å². The molecule has 2 atom stereocenters. The number of nitriles is 1. The lowest BCUT2D eigenvalue weighted by molar-refractivity contribution is 0.0523. The van der Waals surface area contributed by atoms with Gasteiger partial charge in [-0.15, -0.1) is 0 Å². The van der Waals surface area contributed by atoms with Crippen molar-refractivity contribution in [2.24, 2.45) is 0 Å². The van der Waals surface area contributed by atoms with E-state index in [9.17, 15) is 5.11 Å². The van der Waals surface area contributed by atoms with E-state index < -0.39 is 0 Å². The predicted octanol–water partition coefficient (Wildman–Crippen LogP) is 2.90. The second-order valence-corrected chi connectivity index (χ2v) is 5.07. The Morgan fingerprint density at radius 1 is 1.42 bits per heavy atom. The Balaban J connectivity index is 2.22. The van der Waals surface area contributed by atoms with E-state index in [2.05, 4.69) is 0 Å². The fourth-order valence-corrected chi connectivity index (χ4v) is 2.55. The molecule has 0 bridgehead atoms. The molecule has 0 heterocycles. The largest absolute Gasteiger partial charge is 0.493 e. The number of nitrogens with zero attached hydrogens (tertiary/aromatic N) is 1. The van der Waals surface area contributed by atoms with Crippen LogP contribution < -0.4 is 9.47 Å². The van der Waals surface area contributed by atoms with Crippen LogP contribution in [0.2, 0.25) is 5.02 Å². The van der Waals surface area contributed by atoms with Gasteiger partial charge in [0.25, 0.3) is 0 Å². The Hall–Kier alpha value is -1.44. The fourth-order valence-electron chi connectivity index (χ4n) is 2.29. The molecule has 1 N–H and O–H groups in total. The molecule has 2 rings (SSSR count). The highest BCUT2D eigenvalue weighted by atomic mass is 35.5. The number of ether oxygens (including phenoxy) is 2. The molecule has 0 aliphatic heterocycles. The van der Waals surface area contributed by atoms with Crippen molar-refractivity contribution < 1.29 is 14.6 Å². The lowest BCUT2D eigenvalue weighted by Crippen LogP contribution is -2.28. The van der Waals surface area contributed by atoms with E-state index >= 15 is 0 Å². The number of aliphatic hydroxyl groups excluding tert-OH is 1. The van der Waals surface area contributed by atoms with E-state index in [4.69, 9.17) is 26.3 Å². The molecule has 19 heavy (non-hydrogen) atoms. The van der Waals surface area contributed by atoms with Gasteiger partial charge in [0, 0.05) is 12.5 Å². The molecule has 4 nitrogen and oxygen atoms in total. The first-order chi connectivity index (χ1) is 9.13. The van der Waals surface area contributed by atoms with Gasteiger partial charge in [0.05, 0.1) is 29.9 Å². The second-order valence-electron chi connectivity index (χ2n) is 4.66. The summed E-state index contributed by atoms with van der Waals surface area (Å²) in [6.07, 6.45) is 2.85. The molecule has 5 heteroatoms. The van der Waals surface area contributed by atoms with Gasteiger partial charge in [-0.1, -0.05) is 11.6 Å². The van der Waals surface area contributed by atoms with E-state index in [1.165, 1.54) is 7.11 Å². The third kappa shape index (κ3) is 3.31. The number of aliphatic hydroxyl groups is 1. The average Bonchev–Trinajstić information content (AvgIpc) is 2.40. The van der Waals surface area contributed by atoms with Crippen molar-refractivity contribution in [3.8, 4) is 17.6 Å². The fraction of sp³-hybridized carbons (Fsp3) is 0.500. The normalized spacial score (nSPS) is 22.6. The third-order valence-corrected chi connectivity index (χ3v) is 3.52. The summed E-state index contributed by atoms with van der Waals surface area (Å²) in [6, 6.07) is 5.17. The third-order valence-electron chi connectivity index (χ3n) is 3.24. The minimum atomic E-state index is -0.318. The Morgan fingerprint density at radius 3 is 2.84 bits per heavy atom. The van der Waals surface area contributed by atoms with Crippen LogP contribution in [0.5, 0.6) is 11.5 Å². The van der Waals surface area contributed by atoms with Gasteiger partial charge in [0.15, 0.2) is 11.5 Å². The van der Waals surface area contributed by atoms with Crippen molar-refractivity contribution in [2.45, 2.75) is 37.9 Å². The second kappa shape index (κ2) is 6.14. The van der Waals surface area contributed by atoms with Crippen LogP contribution >= 0.6 is 11.6 Å². The molecule has 1 saturated carbocycles. The molecule has 0 spiro atoms. The number of hydrogen-bond donors (Lipinski definition) is 1. The summed E-state index contributed by atoms with van der Waals surface area (Å²) >= 11 is 6.13. The zero-order valence-electron chi connectivity index (χ0n) is 10.7. The summed E-state index contributed by atoms with van der Waals surface area (Å²) < 4.78 is 11.1. The van der Waals surface area contributed by atoms with Crippen LogP contribution in [-0.2, 0) is 0 Å². The van der Waals surface area contributed by atoms with Crippen molar-refractivity contribution in [1.29, 1.82) is 5.26 Å². The van der Waals surface area contributed by atoms with Crippen LogP contribution in [0.15, 0.2) is 12.1 Å². The lowest BCUT2D eigenvalue weighted by Gasteiger charge is -2.27. The van der Waals surface area contributed by atoms with Gasteiger partial charge in [-0.2, -0.15) is 5.26 Å². The van der Waals surface area contributed by atoms with Gasteiger partial charge in [0.2, 0.25) is 0 Å². The summed E-state index contributed by atoms with van der Waals surface area (Å²) in [5.41, 5.74) is 0.429. The Labute approximate surface area is 117 Å². The van der Waals surface area contributed by atoms with Gasteiger partial charge in [-0.05, 0) is 25.3 Å². The van der Waals surface area contributed by atoms with Crippen LogP contribution in [-0.4, -0.2) is 24.4 Å². The Kier molecular flexibility index (Phi) is 4.52. The molecule has 0 saturated heterocycles. The number of halogens is 1. The van der Waals surface area contributed by atoms with Gasteiger partial charge in [-0.3, -0.25) is 0 Å². The first-order valence-corrected chi connectivity index (χ1v) is 6.64. The van der Waals surface area contributed by atoms with Crippen molar-refractivity contribution in [3.05, 3.63) is 22.7 Å². The minimum absolute atomic E-state index is 0.0666. The smallest absolute Gasteiger partial charge is 0.180 e. The number of rotatable bonds is 3. The molecular weight excluding hydrogens is 266 g/mol. The summed E-state index contributed by atoms with van der Waals surface area (Å²) in [7, 11) is 1.51. The lowest BCUT2D eigenvalue weighted by atomic mass is 9.95. The first-order valence-electron chi connectivity index (χ1n) is 6.26. The first kappa shape index (κ1) is 14.0. The standard InChI is InChI=1S/C14H16ClNO3/c1-18-13-6-9(8-16)5-12(15)14(13)19-11-4-2-3-10(17)7-11/h5-6,10-11,17H,2-4,7H2,1H3. The summed E-state index contributed by atoms with van der Waals surface area (Å²) in [5, 5.41) is 18.9. The molecule has 0 aromatic heterocycles. The van der Waals surface area contributed by atoms with Crippen LogP contribution in [0.25, 0.3) is 0 Å². The highest BCUT2D eigenvalue weighted by molar-refractivity contribution is 6.32. The molecule has 0 amide bonds. The van der Waals surface area contributed by atoms with Gasteiger partial charge < -0.3 is 14.6 Å².